The van der Waals surface area contributed by atoms with Gasteiger partial charge in [-0.2, -0.15) is 0 Å². The topological polar surface area (TPSA) is 27.1 Å². The van der Waals surface area contributed by atoms with Gasteiger partial charge in [0.25, 0.3) is 0 Å². The molecule has 4 heteroatoms. The lowest BCUT2D eigenvalue weighted by Crippen LogP contribution is -2.06. The molecule has 0 spiro atoms. The lowest BCUT2D eigenvalue weighted by atomic mass is 10.2. The zero-order valence-electron chi connectivity index (χ0n) is 9.93. The quantitative estimate of drug-likeness (QED) is 0.832. The lowest BCUT2D eigenvalue weighted by Gasteiger charge is -2.12. The fourth-order valence-electron chi connectivity index (χ4n) is 1.58. The number of rotatable bonds is 4. The maximum absolute atomic E-state index is 6.16. The van der Waals surface area contributed by atoms with Crippen LogP contribution in [0.15, 0.2) is 36.9 Å². The Morgan fingerprint density at radius 1 is 1.41 bits per heavy atom. The fraction of sp³-hybridized carbons (Fsp3) is 0.308. The molecule has 0 bridgehead atoms. The van der Waals surface area contributed by atoms with Gasteiger partial charge in [0, 0.05) is 18.9 Å². The molecule has 17 heavy (non-hydrogen) atoms. The summed E-state index contributed by atoms with van der Waals surface area (Å²) in [6, 6.07) is 5.86. The highest BCUT2D eigenvalue weighted by molar-refractivity contribution is 6.32. The van der Waals surface area contributed by atoms with E-state index >= 15 is 0 Å². The Morgan fingerprint density at radius 2 is 2.24 bits per heavy atom. The van der Waals surface area contributed by atoms with Crippen molar-refractivity contribution in [2.24, 2.45) is 0 Å². The van der Waals surface area contributed by atoms with Crippen LogP contribution in [0.5, 0.6) is 5.75 Å². The summed E-state index contributed by atoms with van der Waals surface area (Å²) in [6.07, 6.45) is 5.60. The van der Waals surface area contributed by atoms with E-state index in [0.29, 0.717) is 5.02 Å². The van der Waals surface area contributed by atoms with Gasteiger partial charge in [0.1, 0.15) is 5.75 Å². The largest absolute Gasteiger partial charge is 0.489 e. The van der Waals surface area contributed by atoms with Crippen molar-refractivity contribution in [3.05, 3.63) is 47.5 Å². The zero-order valence-corrected chi connectivity index (χ0v) is 10.7. The smallest absolute Gasteiger partial charge is 0.138 e. The SMILES string of the molecule is CC(C)Oc1ccc(Cn2ccnc2)cc1Cl. The van der Waals surface area contributed by atoms with Gasteiger partial charge < -0.3 is 9.30 Å². The molecule has 1 aromatic heterocycles. The number of benzene rings is 1. The summed E-state index contributed by atoms with van der Waals surface area (Å²) in [7, 11) is 0. The van der Waals surface area contributed by atoms with E-state index in [-0.39, 0.29) is 6.10 Å². The molecule has 0 N–H and O–H groups in total. The number of ether oxygens (including phenoxy) is 1. The van der Waals surface area contributed by atoms with E-state index in [4.69, 9.17) is 16.3 Å². The van der Waals surface area contributed by atoms with Crippen LogP contribution >= 0.6 is 11.6 Å². The third-order valence-electron chi connectivity index (χ3n) is 2.28. The molecule has 0 saturated heterocycles. The van der Waals surface area contributed by atoms with Crippen LogP contribution in [0.4, 0.5) is 0 Å². The number of nitrogens with zero attached hydrogens (tertiary/aromatic N) is 2. The Hall–Kier alpha value is -1.48. The predicted molar refractivity (Wildman–Crippen MR) is 68.5 cm³/mol. The van der Waals surface area contributed by atoms with Crippen molar-refractivity contribution in [2.75, 3.05) is 0 Å². The minimum Gasteiger partial charge on any atom is -0.489 e. The second kappa shape index (κ2) is 5.23. The van der Waals surface area contributed by atoms with Crippen molar-refractivity contribution >= 4 is 11.6 Å². The van der Waals surface area contributed by atoms with Gasteiger partial charge in [-0.15, -0.1) is 0 Å². The Balaban J connectivity index is 2.13. The maximum Gasteiger partial charge on any atom is 0.138 e. The van der Waals surface area contributed by atoms with E-state index in [0.717, 1.165) is 17.9 Å². The highest BCUT2D eigenvalue weighted by Gasteiger charge is 2.05. The first kappa shape index (κ1) is 12.0. The minimum absolute atomic E-state index is 0.131. The average Bonchev–Trinajstić information content (AvgIpc) is 2.74. The third kappa shape index (κ3) is 3.24. The molecule has 3 nitrogen and oxygen atoms in total. The Labute approximate surface area is 106 Å². The first-order valence-electron chi connectivity index (χ1n) is 5.56. The molecule has 1 aromatic carbocycles. The van der Waals surface area contributed by atoms with Crippen LogP contribution in [0.25, 0.3) is 0 Å². The van der Waals surface area contributed by atoms with E-state index in [1.165, 1.54) is 0 Å². The molecule has 0 radical (unpaired) electrons. The van der Waals surface area contributed by atoms with Crippen LogP contribution in [-0.2, 0) is 6.54 Å². The molecule has 1 heterocycles. The summed E-state index contributed by atoms with van der Waals surface area (Å²) < 4.78 is 7.58. The molecule has 0 unspecified atom stereocenters. The van der Waals surface area contributed by atoms with Crippen LogP contribution in [-0.4, -0.2) is 15.7 Å². The minimum atomic E-state index is 0.131. The van der Waals surface area contributed by atoms with E-state index in [1.807, 2.05) is 42.8 Å². The van der Waals surface area contributed by atoms with Gasteiger partial charge in [-0.1, -0.05) is 17.7 Å². The van der Waals surface area contributed by atoms with Crippen molar-refractivity contribution < 1.29 is 4.74 Å². The molecular formula is C13H15ClN2O. The van der Waals surface area contributed by atoms with Gasteiger partial charge >= 0.3 is 0 Å². The molecule has 0 aliphatic heterocycles. The summed E-state index contributed by atoms with van der Waals surface area (Å²) >= 11 is 6.16. The van der Waals surface area contributed by atoms with Crippen molar-refractivity contribution in [2.45, 2.75) is 26.5 Å². The van der Waals surface area contributed by atoms with Crippen LogP contribution < -0.4 is 4.74 Å². The molecule has 0 fully saturated rings. The van der Waals surface area contributed by atoms with Gasteiger partial charge in [-0.05, 0) is 31.5 Å². The zero-order chi connectivity index (χ0) is 12.3. The van der Waals surface area contributed by atoms with E-state index in [9.17, 15) is 0 Å². The molecule has 0 saturated carbocycles. The van der Waals surface area contributed by atoms with Crippen LogP contribution in [0.1, 0.15) is 19.4 Å². The van der Waals surface area contributed by atoms with Crippen LogP contribution in [0.2, 0.25) is 5.02 Å². The summed E-state index contributed by atoms with van der Waals surface area (Å²) in [6.45, 7) is 4.73. The maximum atomic E-state index is 6.16. The van der Waals surface area contributed by atoms with Gasteiger partial charge in [0.2, 0.25) is 0 Å². The molecule has 90 valence electrons. The Morgan fingerprint density at radius 3 is 2.82 bits per heavy atom. The molecule has 0 atom stereocenters. The van der Waals surface area contributed by atoms with Crippen molar-refractivity contribution in [3.8, 4) is 5.75 Å². The van der Waals surface area contributed by atoms with Gasteiger partial charge in [-0.3, -0.25) is 0 Å². The molecule has 0 aliphatic carbocycles. The predicted octanol–water partition coefficient (Wildman–Crippen LogP) is 3.37. The summed E-state index contributed by atoms with van der Waals surface area (Å²) in [5.74, 6) is 0.732. The number of hydrogen-bond donors (Lipinski definition) is 0. The second-order valence-electron chi connectivity index (χ2n) is 4.17. The van der Waals surface area contributed by atoms with Gasteiger partial charge in [0.15, 0.2) is 0 Å². The number of hydrogen-bond acceptors (Lipinski definition) is 2. The first-order valence-corrected chi connectivity index (χ1v) is 5.94. The van der Waals surface area contributed by atoms with Crippen molar-refractivity contribution in [1.29, 1.82) is 0 Å². The number of halogens is 1. The second-order valence-corrected chi connectivity index (χ2v) is 4.57. The number of aromatic nitrogens is 2. The van der Waals surface area contributed by atoms with Crippen LogP contribution in [0.3, 0.4) is 0 Å². The average molecular weight is 251 g/mol. The number of imidazole rings is 1. The van der Waals surface area contributed by atoms with E-state index in [1.54, 1.807) is 12.5 Å². The molecule has 2 aromatic rings. The highest BCUT2D eigenvalue weighted by atomic mass is 35.5. The summed E-state index contributed by atoms with van der Waals surface area (Å²) in [5.41, 5.74) is 1.13. The summed E-state index contributed by atoms with van der Waals surface area (Å²) in [5, 5.41) is 0.649. The van der Waals surface area contributed by atoms with E-state index < -0.39 is 0 Å². The Bertz CT molecular complexity index is 480. The lowest BCUT2D eigenvalue weighted by molar-refractivity contribution is 0.242. The molecule has 0 aliphatic rings. The molecular weight excluding hydrogens is 236 g/mol. The van der Waals surface area contributed by atoms with Crippen LogP contribution in [0, 0.1) is 0 Å². The van der Waals surface area contributed by atoms with Crippen molar-refractivity contribution in [3.63, 3.8) is 0 Å². The standard InChI is InChI=1S/C13H15ClN2O/c1-10(2)17-13-4-3-11(7-12(13)14)8-16-6-5-15-9-16/h3-7,9-10H,8H2,1-2H3. The Kier molecular flexibility index (Phi) is 3.69. The highest BCUT2D eigenvalue weighted by Crippen LogP contribution is 2.26. The molecule has 0 amide bonds. The summed E-state index contributed by atoms with van der Waals surface area (Å²) in [4.78, 5) is 4.00. The fourth-order valence-corrected chi connectivity index (χ4v) is 1.83. The third-order valence-corrected chi connectivity index (χ3v) is 2.58. The van der Waals surface area contributed by atoms with E-state index in [2.05, 4.69) is 4.98 Å². The van der Waals surface area contributed by atoms with Gasteiger partial charge in [-0.25, -0.2) is 4.98 Å². The normalized spacial score (nSPS) is 10.8. The van der Waals surface area contributed by atoms with Crippen molar-refractivity contribution in [1.82, 2.24) is 9.55 Å². The molecule has 2 rings (SSSR count). The monoisotopic (exact) mass is 250 g/mol. The van der Waals surface area contributed by atoms with Gasteiger partial charge in [0.05, 0.1) is 17.5 Å². The first-order chi connectivity index (χ1) is 8.15.